The molecule has 5 nitrogen and oxygen atoms in total. The van der Waals surface area contributed by atoms with Crippen molar-refractivity contribution in [1.29, 1.82) is 0 Å². The summed E-state index contributed by atoms with van der Waals surface area (Å²) in [5.41, 5.74) is 0.933. The lowest BCUT2D eigenvalue weighted by atomic mass is 10.2. The summed E-state index contributed by atoms with van der Waals surface area (Å²) in [4.78, 5) is 0.306. The Morgan fingerprint density at radius 1 is 1.24 bits per heavy atom. The largest absolute Gasteiger partial charge is 0.385 e. The Labute approximate surface area is 127 Å². The lowest BCUT2D eigenvalue weighted by Crippen LogP contribution is -2.24. The molecule has 0 saturated carbocycles. The van der Waals surface area contributed by atoms with Crippen LogP contribution >= 0.6 is 0 Å². The van der Waals surface area contributed by atoms with Gasteiger partial charge in [0.05, 0.1) is 11.0 Å². The van der Waals surface area contributed by atoms with E-state index in [1.54, 1.807) is 24.3 Å². The third-order valence-electron chi connectivity index (χ3n) is 3.53. The van der Waals surface area contributed by atoms with E-state index in [1.807, 2.05) is 6.92 Å². The molecule has 6 heteroatoms. The van der Waals surface area contributed by atoms with Crippen LogP contribution in [0.1, 0.15) is 32.6 Å². The lowest BCUT2D eigenvalue weighted by Gasteiger charge is -2.11. The minimum Gasteiger partial charge on any atom is -0.385 e. The first kappa shape index (κ1) is 16.3. The summed E-state index contributed by atoms with van der Waals surface area (Å²) in [5.74, 6) is 0. The van der Waals surface area contributed by atoms with Gasteiger partial charge in [0.15, 0.2) is 0 Å². The molecular formula is C15H24N2O3S. The van der Waals surface area contributed by atoms with Gasteiger partial charge in [0.2, 0.25) is 10.0 Å². The van der Waals surface area contributed by atoms with Crippen LogP contribution in [0.4, 0.5) is 5.69 Å². The number of benzene rings is 1. The number of sulfonamides is 1. The molecule has 2 rings (SSSR count). The standard InChI is InChI=1S/C15H24N2O3S/c1-2-10-17-21(18,19)15-7-5-13(6-8-15)16-11-9-14-4-3-12-20-14/h5-8,14,16-17H,2-4,9-12H2,1H3. The average molecular weight is 312 g/mol. The highest BCUT2D eigenvalue weighted by Gasteiger charge is 2.15. The summed E-state index contributed by atoms with van der Waals surface area (Å²) >= 11 is 0. The van der Waals surface area contributed by atoms with Crippen molar-refractivity contribution in [2.24, 2.45) is 0 Å². The molecule has 1 heterocycles. The summed E-state index contributed by atoms with van der Waals surface area (Å²) in [6.07, 6.45) is 4.43. The Balaban J connectivity index is 1.83. The molecule has 0 spiro atoms. The predicted molar refractivity (Wildman–Crippen MR) is 84.0 cm³/mol. The summed E-state index contributed by atoms with van der Waals surface area (Å²) in [5, 5.41) is 3.30. The quantitative estimate of drug-likeness (QED) is 0.773. The van der Waals surface area contributed by atoms with Gasteiger partial charge in [0.1, 0.15) is 0 Å². The van der Waals surface area contributed by atoms with Crippen molar-refractivity contribution in [2.75, 3.05) is 25.0 Å². The van der Waals surface area contributed by atoms with Gasteiger partial charge in [-0.3, -0.25) is 0 Å². The molecule has 0 amide bonds. The van der Waals surface area contributed by atoms with Crippen LogP contribution in [0, 0.1) is 0 Å². The zero-order chi connectivity index (χ0) is 15.1. The number of rotatable bonds is 8. The van der Waals surface area contributed by atoms with Crippen LogP contribution in [0.15, 0.2) is 29.2 Å². The molecule has 21 heavy (non-hydrogen) atoms. The van der Waals surface area contributed by atoms with Crippen LogP contribution in [0.3, 0.4) is 0 Å². The Kier molecular flexibility index (Phi) is 6.02. The smallest absolute Gasteiger partial charge is 0.240 e. The van der Waals surface area contributed by atoms with Gasteiger partial charge in [-0.2, -0.15) is 0 Å². The molecule has 118 valence electrons. The maximum Gasteiger partial charge on any atom is 0.240 e. The van der Waals surface area contributed by atoms with Gasteiger partial charge < -0.3 is 10.1 Å². The van der Waals surface area contributed by atoms with Crippen molar-refractivity contribution in [1.82, 2.24) is 4.72 Å². The Bertz CT molecular complexity index is 522. The van der Waals surface area contributed by atoms with E-state index < -0.39 is 10.0 Å². The molecule has 1 unspecified atom stereocenters. The van der Waals surface area contributed by atoms with Crippen LogP contribution < -0.4 is 10.0 Å². The monoisotopic (exact) mass is 312 g/mol. The van der Waals surface area contributed by atoms with Crippen LogP contribution in [0.2, 0.25) is 0 Å². The zero-order valence-corrected chi connectivity index (χ0v) is 13.3. The number of hydrogen-bond acceptors (Lipinski definition) is 4. The zero-order valence-electron chi connectivity index (χ0n) is 12.5. The summed E-state index contributed by atoms with van der Waals surface area (Å²) in [7, 11) is -3.37. The fourth-order valence-electron chi connectivity index (χ4n) is 2.32. The molecule has 1 aliphatic heterocycles. The number of ether oxygens (including phenoxy) is 1. The van der Waals surface area contributed by atoms with Gasteiger partial charge in [-0.15, -0.1) is 0 Å². The molecule has 1 aromatic carbocycles. The van der Waals surface area contributed by atoms with Crippen molar-refractivity contribution in [2.45, 2.75) is 43.6 Å². The van der Waals surface area contributed by atoms with Crippen molar-refractivity contribution in [3.05, 3.63) is 24.3 Å². The molecular weight excluding hydrogens is 288 g/mol. The van der Waals surface area contributed by atoms with E-state index in [2.05, 4.69) is 10.0 Å². The minimum absolute atomic E-state index is 0.306. The third-order valence-corrected chi connectivity index (χ3v) is 5.00. The first-order chi connectivity index (χ1) is 10.1. The maximum atomic E-state index is 11.9. The normalized spacial score (nSPS) is 18.8. The summed E-state index contributed by atoms with van der Waals surface area (Å²) < 4.78 is 32.0. The van der Waals surface area contributed by atoms with E-state index in [0.29, 0.717) is 17.5 Å². The topological polar surface area (TPSA) is 67.4 Å². The average Bonchev–Trinajstić information content (AvgIpc) is 2.99. The molecule has 1 fully saturated rings. The Hall–Kier alpha value is -1.11. The molecule has 2 N–H and O–H groups in total. The van der Waals surface area contributed by atoms with E-state index >= 15 is 0 Å². The minimum atomic E-state index is -3.37. The van der Waals surface area contributed by atoms with Crippen molar-refractivity contribution >= 4 is 15.7 Å². The lowest BCUT2D eigenvalue weighted by molar-refractivity contribution is 0.107. The molecule has 0 aromatic heterocycles. The summed E-state index contributed by atoms with van der Waals surface area (Å²) in [6.45, 7) is 4.11. The first-order valence-electron chi connectivity index (χ1n) is 7.57. The van der Waals surface area contributed by atoms with Crippen molar-refractivity contribution in [3.63, 3.8) is 0 Å². The highest BCUT2D eigenvalue weighted by molar-refractivity contribution is 7.89. The predicted octanol–water partition coefficient (Wildman–Crippen LogP) is 2.36. The molecule has 1 aliphatic rings. The van der Waals surface area contributed by atoms with Gasteiger partial charge in [-0.1, -0.05) is 6.92 Å². The number of nitrogens with one attached hydrogen (secondary N) is 2. The van der Waals surface area contributed by atoms with E-state index in [-0.39, 0.29) is 0 Å². The van der Waals surface area contributed by atoms with E-state index in [9.17, 15) is 8.42 Å². The molecule has 0 aliphatic carbocycles. The highest BCUT2D eigenvalue weighted by atomic mass is 32.2. The van der Waals surface area contributed by atoms with Gasteiger partial charge >= 0.3 is 0 Å². The molecule has 0 bridgehead atoms. The summed E-state index contributed by atoms with van der Waals surface area (Å²) in [6, 6.07) is 6.87. The number of hydrogen-bond donors (Lipinski definition) is 2. The van der Waals surface area contributed by atoms with Crippen molar-refractivity contribution < 1.29 is 13.2 Å². The van der Waals surface area contributed by atoms with E-state index in [0.717, 1.165) is 44.5 Å². The van der Waals surface area contributed by atoms with Gasteiger partial charge in [0, 0.05) is 25.4 Å². The number of anilines is 1. The highest BCUT2D eigenvalue weighted by Crippen LogP contribution is 2.17. The second-order valence-corrected chi connectivity index (χ2v) is 7.04. The van der Waals surface area contributed by atoms with Crippen LogP contribution in [-0.2, 0) is 14.8 Å². The van der Waals surface area contributed by atoms with Gasteiger partial charge in [-0.25, -0.2) is 13.1 Å². The molecule has 1 aromatic rings. The second-order valence-electron chi connectivity index (χ2n) is 5.27. The van der Waals surface area contributed by atoms with Gasteiger partial charge in [-0.05, 0) is 49.9 Å². The molecule has 1 atom stereocenters. The molecule has 0 radical (unpaired) electrons. The Morgan fingerprint density at radius 3 is 2.62 bits per heavy atom. The molecule has 1 saturated heterocycles. The van der Waals surface area contributed by atoms with Crippen LogP contribution in [0.5, 0.6) is 0 Å². The second kappa shape index (κ2) is 7.77. The van der Waals surface area contributed by atoms with Crippen LogP contribution in [-0.4, -0.2) is 34.2 Å². The van der Waals surface area contributed by atoms with Crippen molar-refractivity contribution in [3.8, 4) is 0 Å². The fraction of sp³-hybridized carbons (Fsp3) is 0.600. The maximum absolute atomic E-state index is 11.9. The Morgan fingerprint density at radius 2 is 2.00 bits per heavy atom. The van der Waals surface area contributed by atoms with Crippen LogP contribution in [0.25, 0.3) is 0 Å². The fourth-order valence-corrected chi connectivity index (χ4v) is 3.46. The third kappa shape index (κ3) is 4.98. The van der Waals surface area contributed by atoms with E-state index in [1.165, 1.54) is 0 Å². The first-order valence-corrected chi connectivity index (χ1v) is 9.05. The SMILES string of the molecule is CCCNS(=O)(=O)c1ccc(NCCC2CCCO2)cc1. The van der Waals surface area contributed by atoms with Gasteiger partial charge in [0.25, 0.3) is 0 Å². The van der Waals surface area contributed by atoms with E-state index in [4.69, 9.17) is 4.74 Å².